The molecule has 0 atom stereocenters. The minimum Gasteiger partial charge on any atom is -0.372 e. The molecular formula is C11H17BrN4S. The summed E-state index contributed by atoms with van der Waals surface area (Å²) in [5.41, 5.74) is 0. The monoisotopic (exact) mass is 316 g/mol. The fourth-order valence-corrected chi connectivity index (χ4v) is 3.39. The van der Waals surface area contributed by atoms with E-state index in [4.69, 9.17) is 0 Å². The molecule has 2 N–H and O–H groups in total. The number of rotatable bonds is 5. The standard InChI is InChI=1S/C11H17BrN4S/c1-13-9-8(12)10(16-7-15-9)14-6-11(17-2)4-3-5-11/h7H,3-6H2,1-2H3,(H2,13,14,15,16). The van der Waals surface area contributed by atoms with Crippen LogP contribution >= 0.6 is 27.7 Å². The number of nitrogens with one attached hydrogen (secondary N) is 2. The van der Waals surface area contributed by atoms with Crippen LogP contribution in [0.15, 0.2) is 10.8 Å². The molecular weight excluding hydrogens is 300 g/mol. The van der Waals surface area contributed by atoms with Crippen LogP contribution in [0.25, 0.3) is 0 Å². The van der Waals surface area contributed by atoms with Gasteiger partial charge in [-0.1, -0.05) is 6.42 Å². The Labute approximate surface area is 115 Å². The van der Waals surface area contributed by atoms with E-state index in [0.717, 1.165) is 22.7 Å². The second kappa shape index (κ2) is 5.44. The van der Waals surface area contributed by atoms with Crippen LogP contribution in [0.1, 0.15) is 19.3 Å². The third-order valence-electron chi connectivity index (χ3n) is 3.30. The van der Waals surface area contributed by atoms with Crippen molar-refractivity contribution < 1.29 is 0 Å². The fraction of sp³-hybridized carbons (Fsp3) is 0.636. The Bertz CT molecular complexity index is 390. The first-order chi connectivity index (χ1) is 8.21. The molecule has 4 nitrogen and oxygen atoms in total. The summed E-state index contributed by atoms with van der Waals surface area (Å²) >= 11 is 5.47. The highest BCUT2D eigenvalue weighted by atomic mass is 79.9. The Balaban J connectivity index is 2.04. The van der Waals surface area contributed by atoms with Crippen LogP contribution in [-0.2, 0) is 0 Å². The fourth-order valence-electron chi connectivity index (χ4n) is 1.94. The predicted octanol–water partition coefficient (Wildman–Crippen LogP) is 2.98. The van der Waals surface area contributed by atoms with Gasteiger partial charge in [-0.2, -0.15) is 11.8 Å². The SMILES string of the molecule is CNc1ncnc(NCC2(SC)CCC2)c1Br. The van der Waals surface area contributed by atoms with Gasteiger partial charge in [0.15, 0.2) is 0 Å². The minimum atomic E-state index is 0.407. The second-order valence-corrected chi connectivity index (χ2v) is 6.30. The first-order valence-corrected chi connectivity index (χ1v) is 7.70. The highest BCUT2D eigenvalue weighted by Gasteiger charge is 2.36. The molecule has 6 heteroatoms. The van der Waals surface area contributed by atoms with E-state index in [1.54, 1.807) is 6.33 Å². The number of halogens is 1. The van der Waals surface area contributed by atoms with Crippen molar-refractivity contribution in [3.05, 3.63) is 10.8 Å². The highest BCUT2D eigenvalue weighted by molar-refractivity contribution is 9.10. The van der Waals surface area contributed by atoms with Crippen molar-refractivity contribution in [3.63, 3.8) is 0 Å². The van der Waals surface area contributed by atoms with Gasteiger partial charge in [-0.25, -0.2) is 9.97 Å². The maximum atomic E-state index is 4.26. The average molecular weight is 317 g/mol. The van der Waals surface area contributed by atoms with Crippen molar-refractivity contribution in [2.75, 3.05) is 30.5 Å². The molecule has 1 aromatic heterocycles. The maximum absolute atomic E-state index is 4.26. The molecule has 1 aromatic rings. The molecule has 17 heavy (non-hydrogen) atoms. The lowest BCUT2D eigenvalue weighted by Crippen LogP contribution is -2.40. The van der Waals surface area contributed by atoms with E-state index < -0.39 is 0 Å². The van der Waals surface area contributed by atoms with E-state index in [1.807, 2.05) is 18.8 Å². The second-order valence-electron chi connectivity index (χ2n) is 4.23. The Morgan fingerprint density at radius 2 is 2.12 bits per heavy atom. The van der Waals surface area contributed by atoms with E-state index in [9.17, 15) is 0 Å². The molecule has 2 rings (SSSR count). The van der Waals surface area contributed by atoms with E-state index >= 15 is 0 Å². The molecule has 0 aromatic carbocycles. The largest absolute Gasteiger partial charge is 0.372 e. The third-order valence-corrected chi connectivity index (χ3v) is 5.47. The zero-order valence-corrected chi connectivity index (χ0v) is 12.5. The van der Waals surface area contributed by atoms with Crippen LogP contribution < -0.4 is 10.6 Å². The first kappa shape index (κ1) is 13.0. The van der Waals surface area contributed by atoms with Crippen LogP contribution in [0, 0.1) is 0 Å². The smallest absolute Gasteiger partial charge is 0.145 e. The van der Waals surface area contributed by atoms with Crippen molar-refractivity contribution in [2.24, 2.45) is 0 Å². The minimum absolute atomic E-state index is 0.407. The van der Waals surface area contributed by atoms with Gasteiger partial charge in [0.05, 0.1) is 0 Å². The van der Waals surface area contributed by atoms with Gasteiger partial charge in [-0.3, -0.25) is 0 Å². The molecule has 0 radical (unpaired) electrons. The summed E-state index contributed by atoms with van der Waals surface area (Å²) < 4.78 is 1.31. The molecule has 1 fully saturated rings. The highest BCUT2D eigenvalue weighted by Crippen LogP contribution is 2.43. The van der Waals surface area contributed by atoms with Crippen molar-refractivity contribution in [3.8, 4) is 0 Å². The summed E-state index contributed by atoms with van der Waals surface area (Å²) in [6.45, 7) is 0.965. The Hall–Kier alpha value is -0.490. The van der Waals surface area contributed by atoms with Crippen molar-refractivity contribution >= 4 is 39.3 Å². The lowest BCUT2D eigenvalue weighted by molar-refractivity contribution is 0.379. The number of hydrogen-bond donors (Lipinski definition) is 2. The van der Waals surface area contributed by atoms with Gasteiger partial charge in [0.2, 0.25) is 0 Å². The van der Waals surface area contributed by atoms with Gasteiger partial charge < -0.3 is 10.6 Å². The normalized spacial score (nSPS) is 17.4. The topological polar surface area (TPSA) is 49.8 Å². The van der Waals surface area contributed by atoms with Crippen LogP contribution in [0.5, 0.6) is 0 Å². The molecule has 0 bridgehead atoms. The molecule has 1 heterocycles. The van der Waals surface area contributed by atoms with E-state index in [-0.39, 0.29) is 0 Å². The summed E-state index contributed by atoms with van der Waals surface area (Å²) in [6.07, 6.45) is 7.70. The number of thioether (sulfide) groups is 1. The Morgan fingerprint density at radius 1 is 1.41 bits per heavy atom. The lowest BCUT2D eigenvalue weighted by atomic mass is 9.84. The molecule has 0 amide bonds. The molecule has 1 aliphatic carbocycles. The lowest BCUT2D eigenvalue weighted by Gasteiger charge is -2.40. The molecule has 0 spiro atoms. The summed E-state index contributed by atoms with van der Waals surface area (Å²) in [7, 11) is 1.85. The molecule has 1 saturated carbocycles. The van der Waals surface area contributed by atoms with Gasteiger partial charge in [0.25, 0.3) is 0 Å². The van der Waals surface area contributed by atoms with Crippen LogP contribution in [0.3, 0.4) is 0 Å². The van der Waals surface area contributed by atoms with Gasteiger partial charge in [0, 0.05) is 18.3 Å². The van der Waals surface area contributed by atoms with Crippen LogP contribution in [0.2, 0.25) is 0 Å². The maximum Gasteiger partial charge on any atom is 0.145 e. The van der Waals surface area contributed by atoms with Crippen LogP contribution in [-0.4, -0.2) is 34.6 Å². The summed E-state index contributed by atoms with van der Waals surface area (Å²) in [6, 6.07) is 0. The number of hydrogen-bond acceptors (Lipinski definition) is 5. The molecule has 1 aliphatic rings. The van der Waals surface area contributed by atoms with Crippen molar-refractivity contribution in [1.29, 1.82) is 0 Å². The van der Waals surface area contributed by atoms with Gasteiger partial charge in [-0.15, -0.1) is 0 Å². The summed E-state index contributed by atoms with van der Waals surface area (Å²) in [5.74, 6) is 1.68. The Morgan fingerprint density at radius 3 is 2.65 bits per heavy atom. The quantitative estimate of drug-likeness (QED) is 0.874. The van der Waals surface area contributed by atoms with E-state index in [1.165, 1.54) is 19.3 Å². The Kier molecular flexibility index (Phi) is 4.14. The molecule has 94 valence electrons. The van der Waals surface area contributed by atoms with Gasteiger partial charge in [0.1, 0.15) is 22.4 Å². The number of aromatic nitrogens is 2. The summed E-state index contributed by atoms with van der Waals surface area (Å²) in [5, 5.41) is 6.45. The molecule has 0 unspecified atom stereocenters. The number of nitrogens with zero attached hydrogens (tertiary/aromatic N) is 2. The van der Waals surface area contributed by atoms with Crippen molar-refractivity contribution in [2.45, 2.75) is 24.0 Å². The molecule has 0 aliphatic heterocycles. The average Bonchev–Trinajstić information content (AvgIpc) is 2.30. The van der Waals surface area contributed by atoms with Gasteiger partial charge in [-0.05, 0) is 35.0 Å². The van der Waals surface area contributed by atoms with Crippen molar-refractivity contribution in [1.82, 2.24) is 9.97 Å². The first-order valence-electron chi connectivity index (χ1n) is 5.68. The molecule has 0 saturated heterocycles. The predicted molar refractivity (Wildman–Crippen MR) is 77.9 cm³/mol. The van der Waals surface area contributed by atoms with Gasteiger partial charge >= 0.3 is 0 Å². The van der Waals surface area contributed by atoms with E-state index in [0.29, 0.717) is 4.75 Å². The number of anilines is 2. The third kappa shape index (κ3) is 2.68. The van der Waals surface area contributed by atoms with E-state index in [2.05, 4.69) is 42.8 Å². The zero-order valence-electron chi connectivity index (χ0n) is 10.1. The summed E-state index contributed by atoms with van der Waals surface area (Å²) in [4.78, 5) is 8.41. The zero-order chi connectivity index (χ0) is 12.3. The van der Waals surface area contributed by atoms with Crippen LogP contribution in [0.4, 0.5) is 11.6 Å².